The molecule has 0 fully saturated rings. The fourth-order valence-corrected chi connectivity index (χ4v) is 2.33. The number of halogens is 6. The molecule has 0 bridgehead atoms. The molecule has 2 rings (SSSR count). The molecule has 2 aromatic rings. The monoisotopic (exact) mass is 308 g/mol. The number of hydrogen-bond donors (Lipinski definition) is 0. The van der Waals surface area contributed by atoms with E-state index in [0.717, 1.165) is 12.1 Å². The summed E-state index contributed by atoms with van der Waals surface area (Å²) in [6.07, 6.45) is -4.62. The SMILES string of the molecule is Fc1ccc(C(F)(F)F)c(-c2c(Cl)cccc2Cl)c1. The van der Waals surface area contributed by atoms with Gasteiger partial charge < -0.3 is 0 Å². The van der Waals surface area contributed by atoms with Gasteiger partial charge in [0.05, 0.1) is 5.56 Å². The Kier molecular flexibility index (Phi) is 3.74. The molecule has 0 N–H and O–H groups in total. The van der Waals surface area contributed by atoms with E-state index in [0.29, 0.717) is 6.07 Å². The number of benzene rings is 2. The van der Waals surface area contributed by atoms with Crippen molar-refractivity contribution in [3.05, 3.63) is 57.8 Å². The average molecular weight is 309 g/mol. The first-order chi connectivity index (χ1) is 8.80. The Morgan fingerprint density at radius 3 is 2.00 bits per heavy atom. The van der Waals surface area contributed by atoms with Crippen LogP contribution in [0.15, 0.2) is 36.4 Å². The van der Waals surface area contributed by atoms with Gasteiger partial charge in [-0.2, -0.15) is 13.2 Å². The predicted molar refractivity (Wildman–Crippen MR) is 66.9 cm³/mol. The Bertz CT molecular complexity index is 600. The zero-order valence-electron chi connectivity index (χ0n) is 9.23. The molecule has 0 saturated carbocycles. The number of hydrogen-bond acceptors (Lipinski definition) is 0. The predicted octanol–water partition coefficient (Wildman–Crippen LogP) is 5.82. The zero-order chi connectivity index (χ0) is 14.2. The highest BCUT2D eigenvalue weighted by Gasteiger charge is 2.34. The molecule has 0 aliphatic heterocycles. The van der Waals surface area contributed by atoms with Crippen molar-refractivity contribution in [3.63, 3.8) is 0 Å². The minimum absolute atomic E-state index is 0.0299. The van der Waals surface area contributed by atoms with Gasteiger partial charge in [0.2, 0.25) is 0 Å². The molecule has 0 nitrogen and oxygen atoms in total. The Hall–Kier alpha value is -1.26. The third-order valence-corrected chi connectivity index (χ3v) is 3.15. The summed E-state index contributed by atoms with van der Waals surface area (Å²) in [6, 6.07) is 6.49. The molecular formula is C13H6Cl2F4. The van der Waals surface area contributed by atoms with Crippen LogP contribution in [0.2, 0.25) is 10.0 Å². The third kappa shape index (κ3) is 2.85. The first-order valence-electron chi connectivity index (χ1n) is 5.12. The maximum absolute atomic E-state index is 13.2. The highest BCUT2D eigenvalue weighted by Crippen LogP contribution is 2.42. The van der Waals surface area contributed by atoms with Gasteiger partial charge in [-0.3, -0.25) is 0 Å². The van der Waals surface area contributed by atoms with E-state index in [1.165, 1.54) is 18.2 Å². The summed E-state index contributed by atoms with van der Waals surface area (Å²) in [5, 5.41) is 0.0622. The normalized spacial score (nSPS) is 11.7. The van der Waals surface area contributed by atoms with Gasteiger partial charge in [0.15, 0.2) is 0 Å². The third-order valence-electron chi connectivity index (χ3n) is 2.52. The second-order valence-electron chi connectivity index (χ2n) is 3.78. The van der Waals surface area contributed by atoms with Crippen LogP contribution in [-0.2, 0) is 6.18 Å². The fourth-order valence-electron chi connectivity index (χ4n) is 1.73. The van der Waals surface area contributed by atoms with Gasteiger partial charge in [0.1, 0.15) is 5.82 Å². The molecule has 0 aliphatic rings. The lowest BCUT2D eigenvalue weighted by Gasteiger charge is -2.15. The second-order valence-corrected chi connectivity index (χ2v) is 4.60. The number of alkyl halides is 3. The van der Waals surface area contributed by atoms with E-state index < -0.39 is 17.6 Å². The molecule has 0 saturated heterocycles. The van der Waals surface area contributed by atoms with E-state index in [2.05, 4.69) is 0 Å². The summed E-state index contributed by atoms with van der Waals surface area (Å²) in [5.74, 6) is -0.793. The molecule has 0 heterocycles. The van der Waals surface area contributed by atoms with Gasteiger partial charge in [-0.15, -0.1) is 0 Å². The Morgan fingerprint density at radius 2 is 1.47 bits per heavy atom. The molecule has 6 heteroatoms. The van der Waals surface area contributed by atoms with Crippen molar-refractivity contribution in [1.82, 2.24) is 0 Å². The Labute approximate surface area is 116 Å². The second kappa shape index (κ2) is 5.02. The van der Waals surface area contributed by atoms with Crippen molar-refractivity contribution in [2.75, 3.05) is 0 Å². The van der Waals surface area contributed by atoms with Gasteiger partial charge in [-0.05, 0) is 35.9 Å². The summed E-state index contributed by atoms with van der Waals surface area (Å²) >= 11 is 11.7. The first-order valence-corrected chi connectivity index (χ1v) is 5.87. The van der Waals surface area contributed by atoms with Gasteiger partial charge in [-0.25, -0.2) is 4.39 Å². The van der Waals surface area contributed by atoms with Crippen LogP contribution in [0.25, 0.3) is 11.1 Å². The van der Waals surface area contributed by atoms with E-state index in [-0.39, 0.29) is 21.2 Å². The Balaban J connectivity index is 2.78. The largest absolute Gasteiger partial charge is 0.417 e. The van der Waals surface area contributed by atoms with Gasteiger partial charge in [-0.1, -0.05) is 29.3 Å². The summed E-state index contributed by atoms with van der Waals surface area (Å²) in [6.45, 7) is 0. The average Bonchev–Trinajstić information content (AvgIpc) is 2.27. The van der Waals surface area contributed by atoms with Crippen molar-refractivity contribution in [1.29, 1.82) is 0 Å². The zero-order valence-corrected chi connectivity index (χ0v) is 10.7. The molecule has 0 unspecified atom stereocenters. The van der Waals surface area contributed by atoms with Gasteiger partial charge >= 0.3 is 6.18 Å². The minimum Gasteiger partial charge on any atom is -0.207 e. The maximum atomic E-state index is 13.2. The molecule has 0 atom stereocenters. The topological polar surface area (TPSA) is 0 Å². The van der Waals surface area contributed by atoms with E-state index in [1.54, 1.807) is 0 Å². The van der Waals surface area contributed by atoms with Crippen LogP contribution in [0, 0.1) is 5.82 Å². The molecule has 0 amide bonds. The van der Waals surface area contributed by atoms with Gasteiger partial charge in [0, 0.05) is 15.6 Å². The van der Waals surface area contributed by atoms with Crippen molar-refractivity contribution < 1.29 is 17.6 Å². The number of rotatable bonds is 1. The molecule has 0 spiro atoms. The van der Waals surface area contributed by atoms with Crippen LogP contribution >= 0.6 is 23.2 Å². The summed E-state index contributed by atoms with van der Waals surface area (Å²) in [5.41, 5.74) is -1.38. The Morgan fingerprint density at radius 1 is 0.895 bits per heavy atom. The molecule has 19 heavy (non-hydrogen) atoms. The molecule has 0 aromatic heterocycles. The van der Waals surface area contributed by atoms with Crippen LogP contribution in [0.3, 0.4) is 0 Å². The van der Waals surface area contributed by atoms with E-state index >= 15 is 0 Å². The first kappa shape index (κ1) is 14.2. The molecule has 2 aromatic carbocycles. The van der Waals surface area contributed by atoms with Crippen LogP contribution < -0.4 is 0 Å². The molecule has 0 radical (unpaired) electrons. The quantitative estimate of drug-likeness (QED) is 0.582. The molecule has 0 aliphatic carbocycles. The highest BCUT2D eigenvalue weighted by molar-refractivity contribution is 6.39. The van der Waals surface area contributed by atoms with Crippen LogP contribution in [0.4, 0.5) is 17.6 Å². The lowest BCUT2D eigenvalue weighted by Crippen LogP contribution is -2.07. The summed E-state index contributed by atoms with van der Waals surface area (Å²) in [7, 11) is 0. The van der Waals surface area contributed by atoms with E-state index in [4.69, 9.17) is 23.2 Å². The molecular weight excluding hydrogens is 303 g/mol. The van der Waals surface area contributed by atoms with Crippen LogP contribution in [0.1, 0.15) is 5.56 Å². The van der Waals surface area contributed by atoms with Crippen LogP contribution in [-0.4, -0.2) is 0 Å². The fraction of sp³-hybridized carbons (Fsp3) is 0.0769. The molecule has 100 valence electrons. The van der Waals surface area contributed by atoms with E-state index in [1.807, 2.05) is 0 Å². The minimum atomic E-state index is -4.62. The van der Waals surface area contributed by atoms with E-state index in [9.17, 15) is 17.6 Å². The summed E-state index contributed by atoms with van der Waals surface area (Å²) in [4.78, 5) is 0. The van der Waals surface area contributed by atoms with Crippen molar-refractivity contribution in [2.45, 2.75) is 6.18 Å². The van der Waals surface area contributed by atoms with Crippen molar-refractivity contribution in [3.8, 4) is 11.1 Å². The van der Waals surface area contributed by atoms with Crippen molar-refractivity contribution >= 4 is 23.2 Å². The maximum Gasteiger partial charge on any atom is 0.417 e. The van der Waals surface area contributed by atoms with Crippen molar-refractivity contribution in [2.24, 2.45) is 0 Å². The lowest BCUT2D eigenvalue weighted by atomic mass is 9.99. The van der Waals surface area contributed by atoms with Crippen LogP contribution in [0.5, 0.6) is 0 Å². The summed E-state index contributed by atoms with van der Waals surface area (Å²) < 4.78 is 52.0. The lowest BCUT2D eigenvalue weighted by molar-refractivity contribution is -0.137. The standard InChI is InChI=1S/C13H6Cl2F4/c14-10-2-1-3-11(15)12(10)8-6-7(16)4-5-9(8)13(17,18)19/h1-6H. The smallest absolute Gasteiger partial charge is 0.207 e. The van der Waals surface area contributed by atoms with Gasteiger partial charge in [0.25, 0.3) is 0 Å². The highest BCUT2D eigenvalue weighted by atomic mass is 35.5.